The van der Waals surface area contributed by atoms with Gasteiger partial charge in [0.1, 0.15) is 5.60 Å². The van der Waals surface area contributed by atoms with Crippen LogP contribution in [0.15, 0.2) is 42.5 Å². The number of nitrogens with zero attached hydrogens (tertiary/aromatic N) is 3. The number of carbonyl (C=O) groups excluding carboxylic acids is 2. The van der Waals surface area contributed by atoms with E-state index in [9.17, 15) is 9.59 Å². The summed E-state index contributed by atoms with van der Waals surface area (Å²) in [4.78, 5) is 34.4. The number of allylic oxidation sites excluding steroid dienone is 2. The van der Waals surface area contributed by atoms with E-state index in [1.165, 1.54) is 42.4 Å². The molecule has 1 unspecified atom stereocenters. The van der Waals surface area contributed by atoms with Gasteiger partial charge >= 0.3 is 5.97 Å². The van der Waals surface area contributed by atoms with Gasteiger partial charge in [-0.05, 0) is 188 Å². The smallest absolute Gasteiger partial charge is 0.338 e. The predicted octanol–water partition coefficient (Wildman–Crippen LogP) is 9.44. The van der Waals surface area contributed by atoms with Crippen LogP contribution in [0.3, 0.4) is 0 Å². The van der Waals surface area contributed by atoms with Gasteiger partial charge in [0.2, 0.25) is 5.91 Å². The number of hydrogen-bond donors (Lipinski definition) is 1. The number of likely N-dealkylation sites (N-methyl/N-ethyl adjacent to an activating group) is 3. The number of ether oxygens (including phenoxy) is 1. The Morgan fingerprint density at radius 1 is 0.807 bits per heavy atom. The molecule has 9 atom stereocenters. The van der Waals surface area contributed by atoms with Crippen LogP contribution in [0.25, 0.3) is 5.57 Å². The Balaban J connectivity index is 1.29. The second kappa shape index (κ2) is 15.8. The summed E-state index contributed by atoms with van der Waals surface area (Å²) < 4.78 is 5.67. The average Bonchev–Trinajstić information content (AvgIpc) is 3.51. The summed E-state index contributed by atoms with van der Waals surface area (Å²) in [7, 11) is 10.7. The molecule has 1 aromatic carbocycles. The standard InChI is InChI=1S/C50H80N4O3/c1-34(33-54(14)32-31-53(12)13)37-21-26-50(44(56)51-29-30-52(10)11)28-27-48(8)39(42(37)50)19-20-41-47(7)24-22-38(46(5,6)40(47)23-25-49(41,48)9)35-15-17-36(18-16-35)43(55)57-45(2,3)4/h15-18,22,37,39-42H,1,19-21,23-33H2,2-14H3,(H,51,56)/t37-,39+,40-,41+,42+,47?,48+,49+,50-/m0/s1. The molecule has 0 bridgehead atoms. The van der Waals surface area contributed by atoms with E-state index in [2.05, 4.69) is 108 Å². The Hall–Kier alpha value is -2.48. The molecule has 7 heteroatoms. The Morgan fingerprint density at radius 3 is 2.11 bits per heavy atom. The van der Waals surface area contributed by atoms with Crippen LogP contribution in [0.4, 0.5) is 0 Å². The van der Waals surface area contributed by atoms with Crippen molar-refractivity contribution in [3.05, 3.63) is 53.6 Å². The van der Waals surface area contributed by atoms with Gasteiger partial charge in [-0.3, -0.25) is 4.79 Å². The van der Waals surface area contributed by atoms with E-state index in [0.717, 1.165) is 58.3 Å². The highest BCUT2D eigenvalue weighted by Crippen LogP contribution is 2.77. The fraction of sp³-hybridized carbons (Fsp3) is 0.760. The molecule has 6 rings (SSSR count). The number of benzene rings is 1. The van der Waals surface area contributed by atoms with Gasteiger partial charge in [-0.15, -0.1) is 0 Å². The number of nitrogens with one attached hydrogen (secondary N) is 1. The lowest BCUT2D eigenvalue weighted by molar-refractivity contribution is -0.225. The van der Waals surface area contributed by atoms with Gasteiger partial charge in [-0.2, -0.15) is 0 Å². The molecule has 0 radical (unpaired) electrons. The summed E-state index contributed by atoms with van der Waals surface area (Å²) in [5, 5.41) is 3.48. The number of esters is 1. The molecule has 0 saturated heterocycles. The molecule has 1 aromatic rings. The van der Waals surface area contributed by atoms with Crippen molar-refractivity contribution in [3.8, 4) is 0 Å². The number of amides is 1. The maximum atomic E-state index is 14.7. The monoisotopic (exact) mass is 785 g/mol. The second-order valence-corrected chi connectivity index (χ2v) is 22.4. The molecule has 4 fully saturated rings. The van der Waals surface area contributed by atoms with Crippen molar-refractivity contribution in [2.75, 3.05) is 68.0 Å². The summed E-state index contributed by atoms with van der Waals surface area (Å²) in [5.41, 5.74) is 4.34. The fourth-order valence-corrected chi connectivity index (χ4v) is 14.1. The summed E-state index contributed by atoms with van der Waals surface area (Å²) in [6.45, 7) is 28.1. The first-order valence-corrected chi connectivity index (χ1v) is 22.5. The molecule has 0 aromatic heterocycles. The first-order valence-electron chi connectivity index (χ1n) is 22.5. The maximum absolute atomic E-state index is 14.7. The Labute approximate surface area is 347 Å². The third-order valence-electron chi connectivity index (χ3n) is 17.1. The second-order valence-electron chi connectivity index (χ2n) is 22.4. The Kier molecular flexibility index (Phi) is 12.3. The maximum Gasteiger partial charge on any atom is 0.338 e. The van der Waals surface area contributed by atoms with E-state index < -0.39 is 5.60 Å². The van der Waals surface area contributed by atoms with Gasteiger partial charge in [-0.25, -0.2) is 4.79 Å². The van der Waals surface area contributed by atoms with Crippen molar-refractivity contribution in [1.82, 2.24) is 20.0 Å². The lowest BCUT2D eigenvalue weighted by atomic mass is 9.32. The number of hydrogen-bond acceptors (Lipinski definition) is 6. The van der Waals surface area contributed by atoms with Crippen molar-refractivity contribution < 1.29 is 14.3 Å². The molecule has 1 amide bonds. The van der Waals surface area contributed by atoms with Crippen LogP contribution in [0.2, 0.25) is 0 Å². The normalized spacial score (nSPS) is 35.9. The van der Waals surface area contributed by atoms with Gasteiger partial charge in [-0.1, -0.05) is 65.0 Å². The van der Waals surface area contributed by atoms with Gasteiger partial charge < -0.3 is 24.8 Å². The number of fused-ring (bicyclic) bond motifs is 7. The molecule has 0 spiro atoms. The average molecular weight is 785 g/mol. The summed E-state index contributed by atoms with van der Waals surface area (Å²) in [6.07, 6.45) is 12.8. The van der Waals surface area contributed by atoms with Gasteiger partial charge in [0, 0.05) is 32.7 Å². The summed E-state index contributed by atoms with van der Waals surface area (Å²) >= 11 is 0. The van der Waals surface area contributed by atoms with Crippen LogP contribution < -0.4 is 5.32 Å². The topological polar surface area (TPSA) is 65.1 Å². The molecule has 1 N–H and O–H groups in total. The first kappa shape index (κ1) is 44.1. The van der Waals surface area contributed by atoms with Crippen molar-refractivity contribution in [2.24, 2.45) is 56.7 Å². The van der Waals surface area contributed by atoms with Crippen LogP contribution in [0.1, 0.15) is 129 Å². The number of carbonyl (C=O) groups is 2. The number of rotatable bonds is 12. The molecule has 5 aliphatic rings. The Bertz CT molecular complexity index is 1690. The first-order chi connectivity index (χ1) is 26.5. The van der Waals surface area contributed by atoms with Gasteiger partial charge in [0.25, 0.3) is 0 Å². The lowest BCUT2D eigenvalue weighted by Gasteiger charge is -2.72. The summed E-state index contributed by atoms with van der Waals surface area (Å²) in [6, 6.07) is 8.19. The van der Waals surface area contributed by atoms with Crippen LogP contribution >= 0.6 is 0 Å². The largest absolute Gasteiger partial charge is 0.456 e. The molecular weight excluding hydrogens is 705 g/mol. The summed E-state index contributed by atoms with van der Waals surface area (Å²) in [5.74, 6) is 2.47. The van der Waals surface area contributed by atoms with E-state index in [0.29, 0.717) is 47.6 Å². The lowest BCUT2D eigenvalue weighted by Crippen LogP contribution is -2.66. The van der Waals surface area contributed by atoms with E-state index >= 15 is 0 Å². The van der Waals surface area contributed by atoms with E-state index in [4.69, 9.17) is 11.3 Å². The predicted molar refractivity (Wildman–Crippen MR) is 236 cm³/mol. The van der Waals surface area contributed by atoms with Crippen molar-refractivity contribution in [1.29, 1.82) is 0 Å². The zero-order valence-corrected chi connectivity index (χ0v) is 38.4. The SMILES string of the molecule is C=C(CN(C)CCN(C)C)[C@@H]1CC[C@]2(C(=O)NCCN(C)C)CC[C@]3(C)[C@H](CC[C@@H]4C5(C)CC=C(c6ccc(C(=O)OC(C)(C)C)cc6)C(C)(C)[C@@H]5CC[C@]43C)[C@@H]12. The highest BCUT2D eigenvalue weighted by molar-refractivity contribution is 5.90. The molecule has 7 nitrogen and oxygen atoms in total. The zero-order chi connectivity index (χ0) is 41.9. The van der Waals surface area contributed by atoms with Crippen LogP contribution in [-0.2, 0) is 9.53 Å². The molecule has 0 aliphatic heterocycles. The van der Waals surface area contributed by atoms with Gasteiger partial charge in [0.15, 0.2) is 0 Å². The molecule has 318 valence electrons. The van der Waals surface area contributed by atoms with Gasteiger partial charge in [0.05, 0.1) is 11.0 Å². The highest BCUT2D eigenvalue weighted by atomic mass is 16.6. The third-order valence-corrected chi connectivity index (χ3v) is 17.1. The molecule has 4 saturated carbocycles. The molecular formula is C50H80N4O3. The molecule has 5 aliphatic carbocycles. The fourth-order valence-electron chi connectivity index (χ4n) is 14.1. The minimum Gasteiger partial charge on any atom is -0.456 e. The Morgan fingerprint density at radius 2 is 1.47 bits per heavy atom. The molecule has 0 heterocycles. The van der Waals surface area contributed by atoms with E-state index in [1.54, 1.807) is 0 Å². The molecule has 57 heavy (non-hydrogen) atoms. The van der Waals surface area contributed by atoms with E-state index in [-0.39, 0.29) is 33.0 Å². The minimum absolute atomic E-state index is 0.00121. The highest BCUT2D eigenvalue weighted by Gasteiger charge is 2.71. The van der Waals surface area contributed by atoms with Crippen molar-refractivity contribution >= 4 is 17.4 Å². The third kappa shape index (κ3) is 7.85. The van der Waals surface area contributed by atoms with E-state index in [1.807, 2.05) is 32.9 Å². The minimum atomic E-state index is -0.517. The van der Waals surface area contributed by atoms with Crippen molar-refractivity contribution in [3.63, 3.8) is 0 Å². The zero-order valence-electron chi connectivity index (χ0n) is 38.4. The van der Waals surface area contributed by atoms with Crippen LogP contribution in [0, 0.1) is 56.7 Å². The van der Waals surface area contributed by atoms with Crippen LogP contribution in [0.5, 0.6) is 0 Å². The van der Waals surface area contributed by atoms with Crippen LogP contribution in [-0.4, -0.2) is 100 Å². The quantitative estimate of drug-likeness (QED) is 0.168. The van der Waals surface area contributed by atoms with Crippen molar-refractivity contribution in [2.45, 2.75) is 119 Å².